The van der Waals surface area contributed by atoms with E-state index >= 15 is 0 Å². The predicted molar refractivity (Wildman–Crippen MR) is 51.9 cm³/mol. The van der Waals surface area contributed by atoms with Crippen molar-refractivity contribution < 1.29 is 10.2 Å². The van der Waals surface area contributed by atoms with Crippen molar-refractivity contribution in [2.24, 2.45) is 5.92 Å². The Morgan fingerprint density at radius 2 is 2.36 bits per heavy atom. The van der Waals surface area contributed by atoms with Crippen molar-refractivity contribution in [2.45, 2.75) is 25.8 Å². The summed E-state index contributed by atoms with van der Waals surface area (Å²) in [6, 6.07) is 0. The maximum absolute atomic E-state index is 9.06. The number of fused-ring (bicyclic) bond motifs is 1. The SMILES string of the molecule is OCCc1ncc2n1CCC(CO)C2. The largest absolute Gasteiger partial charge is 0.396 e. The molecule has 1 atom stereocenters. The van der Waals surface area contributed by atoms with E-state index in [9.17, 15) is 0 Å². The van der Waals surface area contributed by atoms with Gasteiger partial charge in [-0.3, -0.25) is 0 Å². The van der Waals surface area contributed by atoms with Gasteiger partial charge in [0.05, 0.1) is 6.61 Å². The summed E-state index contributed by atoms with van der Waals surface area (Å²) in [4.78, 5) is 4.28. The van der Waals surface area contributed by atoms with Crippen LogP contribution in [0, 0.1) is 5.92 Å². The molecule has 2 heterocycles. The zero-order chi connectivity index (χ0) is 9.97. The van der Waals surface area contributed by atoms with Crippen molar-refractivity contribution in [3.8, 4) is 0 Å². The second kappa shape index (κ2) is 4.11. The van der Waals surface area contributed by atoms with Crippen molar-refractivity contribution >= 4 is 0 Å². The first-order chi connectivity index (χ1) is 6.85. The van der Waals surface area contributed by atoms with Gasteiger partial charge in [0, 0.05) is 31.5 Å². The molecule has 0 amide bonds. The normalized spacial score (nSPS) is 20.9. The van der Waals surface area contributed by atoms with Gasteiger partial charge in [-0.15, -0.1) is 0 Å². The summed E-state index contributed by atoms with van der Waals surface area (Å²) in [6.45, 7) is 1.34. The molecular formula is C10H16N2O2. The van der Waals surface area contributed by atoms with Crippen molar-refractivity contribution in [1.82, 2.24) is 9.55 Å². The second-order valence-corrected chi connectivity index (χ2v) is 3.83. The van der Waals surface area contributed by atoms with Crippen LogP contribution in [0.4, 0.5) is 0 Å². The first-order valence-corrected chi connectivity index (χ1v) is 5.10. The van der Waals surface area contributed by atoms with Crippen molar-refractivity contribution in [3.63, 3.8) is 0 Å². The highest BCUT2D eigenvalue weighted by molar-refractivity contribution is 5.09. The van der Waals surface area contributed by atoms with Crippen molar-refractivity contribution in [2.75, 3.05) is 13.2 Å². The lowest BCUT2D eigenvalue weighted by Crippen LogP contribution is -2.22. The molecule has 2 N–H and O–H groups in total. The predicted octanol–water partition coefficient (Wildman–Crippen LogP) is -0.0274. The Morgan fingerprint density at radius 3 is 3.07 bits per heavy atom. The summed E-state index contributed by atoms with van der Waals surface area (Å²) < 4.78 is 2.17. The molecule has 1 aromatic heterocycles. The van der Waals surface area contributed by atoms with Crippen LogP contribution in [0.2, 0.25) is 0 Å². The summed E-state index contributed by atoms with van der Waals surface area (Å²) in [7, 11) is 0. The third-order valence-corrected chi connectivity index (χ3v) is 2.87. The van der Waals surface area contributed by atoms with E-state index in [1.54, 1.807) is 0 Å². The van der Waals surface area contributed by atoms with Gasteiger partial charge in [-0.2, -0.15) is 0 Å². The fourth-order valence-electron chi connectivity index (χ4n) is 2.05. The maximum Gasteiger partial charge on any atom is 0.111 e. The molecule has 0 bridgehead atoms. The molecular weight excluding hydrogens is 180 g/mol. The molecule has 0 radical (unpaired) electrons. The third kappa shape index (κ3) is 1.67. The van der Waals surface area contributed by atoms with E-state index in [0.717, 1.165) is 25.2 Å². The molecule has 1 unspecified atom stereocenters. The van der Waals surface area contributed by atoms with Gasteiger partial charge in [0.25, 0.3) is 0 Å². The summed E-state index contributed by atoms with van der Waals surface area (Å²) in [6.07, 6.45) is 4.42. The fourth-order valence-corrected chi connectivity index (χ4v) is 2.05. The van der Waals surface area contributed by atoms with Gasteiger partial charge in [-0.1, -0.05) is 0 Å². The summed E-state index contributed by atoms with van der Waals surface area (Å²) in [5, 5.41) is 17.9. The Hall–Kier alpha value is -0.870. The molecule has 14 heavy (non-hydrogen) atoms. The standard InChI is InChI=1S/C10H16N2O2/c13-4-2-10-11-6-9-5-8(7-14)1-3-12(9)10/h6,8,13-14H,1-5,7H2. The zero-order valence-corrected chi connectivity index (χ0v) is 8.19. The van der Waals surface area contributed by atoms with E-state index < -0.39 is 0 Å². The summed E-state index contributed by atoms with van der Waals surface area (Å²) >= 11 is 0. The topological polar surface area (TPSA) is 58.3 Å². The van der Waals surface area contributed by atoms with E-state index in [-0.39, 0.29) is 13.2 Å². The van der Waals surface area contributed by atoms with Crippen LogP contribution in [-0.2, 0) is 19.4 Å². The average Bonchev–Trinajstić information content (AvgIpc) is 2.61. The molecule has 0 fully saturated rings. The molecule has 1 aromatic rings. The van der Waals surface area contributed by atoms with Gasteiger partial charge >= 0.3 is 0 Å². The number of nitrogens with zero attached hydrogens (tertiary/aromatic N) is 2. The Morgan fingerprint density at radius 1 is 1.50 bits per heavy atom. The number of rotatable bonds is 3. The monoisotopic (exact) mass is 196 g/mol. The molecule has 2 rings (SSSR count). The van der Waals surface area contributed by atoms with Crippen LogP contribution in [0.1, 0.15) is 17.9 Å². The molecule has 0 aliphatic carbocycles. The molecule has 0 saturated heterocycles. The number of hydrogen-bond donors (Lipinski definition) is 2. The molecule has 0 spiro atoms. The number of hydrogen-bond acceptors (Lipinski definition) is 3. The van der Waals surface area contributed by atoms with Crippen LogP contribution in [0.3, 0.4) is 0 Å². The lowest BCUT2D eigenvalue weighted by atomic mass is 9.97. The lowest BCUT2D eigenvalue weighted by Gasteiger charge is -2.23. The molecule has 0 aromatic carbocycles. The molecule has 78 valence electrons. The number of aliphatic hydroxyl groups excluding tert-OH is 2. The van der Waals surface area contributed by atoms with Gasteiger partial charge < -0.3 is 14.8 Å². The van der Waals surface area contributed by atoms with E-state index in [2.05, 4.69) is 9.55 Å². The maximum atomic E-state index is 9.06. The molecule has 1 aliphatic heterocycles. The minimum absolute atomic E-state index is 0.153. The Bertz CT molecular complexity index is 309. The first-order valence-electron chi connectivity index (χ1n) is 5.10. The van der Waals surface area contributed by atoms with Crippen LogP contribution < -0.4 is 0 Å². The summed E-state index contributed by atoms with van der Waals surface area (Å²) in [5.41, 5.74) is 1.19. The Kier molecular flexibility index (Phi) is 2.84. The average molecular weight is 196 g/mol. The van der Waals surface area contributed by atoms with E-state index in [1.165, 1.54) is 5.69 Å². The van der Waals surface area contributed by atoms with Crippen LogP contribution in [0.25, 0.3) is 0 Å². The van der Waals surface area contributed by atoms with Gasteiger partial charge in [0.15, 0.2) is 0 Å². The summed E-state index contributed by atoms with van der Waals surface area (Å²) in [5.74, 6) is 1.36. The lowest BCUT2D eigenvalue weighted by molar-refractivity contribution is 0.199. The number of imidazole rings is 1. The van der Waals surface area contributed by atoms with Crippen LogP contribution in [0.5, 0.6) is 0 Å². The van der Waals surface area contributed by atoms with E-state index in [4.69, 9.17) is 10.2 Å². The minimum Gasteiger partial charge on any atom is -0.396 e. The molecule has 4 nitrogen and oxygen atoms in total. The molecule has 4 heteroatoms. The van der Waals surface area contributed by atoms with Gasteiger partial charge in [-0.25, -0.2) is 4.98 Å². The van der Waals surface area contributed by atoms with Gasteiger partial charge in [-0.05, 0) is 18.8 Å². The molecule has 1 aliphatic rings. The third-order valence-electron chi connectivity index (χ3n) is 2.87. The smallest absolute Gasteiger partial charge is 0.111 e. The van der Waals surface area contributed by atoms with Gasteiger partial charge in [0.2, 0.25) is 0 Å². The number of aromatic nitrogens is 2. The van der Waals surface area contributed by atoms with Crippen molar-refractivity contribution in [3.05, 3.63) is 17.7 Å². The van der Waals surface area contributed by atoms with Crippen LogP contribution in [-0.4, -0.2) is 33.0 Å². The first kappa shape index (κ1) is 9.68. The quantitative estimate of drug-likeness (QED) is 0.714. The Balaban J connectivity index is 2.16. The number of aliphatic hydroxyl groups is 2. The highest BCUT2D eigenvalue weighted by Crippen LogP contribution is 2.21. The van der Waals surface area contributed by atoms with Crippen LogP contribution in [0.15, 0.2) is 6.20 Å². The van der Waals surface area contributed by atoms with Crippen molar-refractivity contribution in [1.29, 1.82) is 0 Å². The highest BCUT2D eigenvalue weighted by atomic mass is 16.3. The zero-order valence-electron chi connectivity index (χ0n) is 8.19. The fraction of sp³-hybridized carbons (Fsp3) is 0.700. The van der Waals surface area contributed by atoms with E-state index in [1.807, 2.05) is 6.20 Å². The van der Waals surface area contributed by atoms with Gasteiger partial charge in [0.1, 0.15) is 5.82 Å². The highest BCUT2D eigenvalue weighted by Gasteiger charge is 2.20. The van der Waals surface area contributed by atoms with Crippen LogP contribution >= 0.6 is 0 Å². The molecule has 0 saturated carbocycles. The minimum atomic E-state index is 0.153. The second-order valence-electron chi connectivity index (χ2n) is 3.83. The van der Waals surface area contributed by atoms with E-state index in [0.29, 0.717) is 12.3 Å². The Labute approximate surface area is 83.2 Å².